The number of hydrogen-bond donors (Lipinski definition) is 2. The number of anilines is 1. The molecule has 0 bridgehead atoms. The highest BCUT2D eigenvalue weighted by Crippen LogP contribution is 2.22. The number of carbonyl (C=O) groups is 1. The molecule has 0 aliphatic rings. The number of amides is 1. The smallest absolute Gasteiger partial charge is 0.279 e. The highest BCUT2D eigenvalue weighted by Gasteiger charge is 2.13. The molecule has 0 aliphatic heterocycles. The first kappa shape index (κ1) is 18.2. The lowest BCUT2D eigenvalue weighted by Crippen LogP contribution is -3.08. The largest absolute Gasteiger partial charge is 0.326 e. The molecule has 2 rings (SSSR count). The molecular weight excluding hydrogens is 353 g/mol. The van der Waals surface area contributed by atoms with Crippen LogP contribution in [0.15, 0.2) is 42.5 Å². The van der Waals surface area contributed by atoms with Gasteiger partial charge in [0.15, 0.2) is 6.54 Å². The third kappa shape index (κ3) is 5.19. The van der Waals surface area contributed by atoms with Crippen LogP contribution in [0.25, 0.3) is 0 Å². The Kier molecular flexibility index (Phi) is 6.14. The van der Waals surface area contributed by atoms with Gasteiger partial charge in [0.25, 0.3) is 11.6 Å². The fourth-order valence-corrected chi connectivity index (χ4v) is 2.56. The molecule has 1 atom stereocenters. The van der Waals surface area contributed by atoms with E-state index in [1.807, 2.05) is 13.1 Å². The molecule has 0 aliphatic carbocycles. The first-order chi connectivity index (χ1) is 11.3. The Labute approximate surface area is 149 Å². The number of nitrogens with zero attached hydrogens (tertiary/aromatic N) is 1. The quantitative estimate of drug-likeness (QED) is 0.607. The number of likely N-dealkylation sites (N-methyl/N-ethyl adjacent to an activating group) is 1. The van der Waals surface area contributed by atoms with E-state index >= 15 is 0 Å². The summed E-state index contributed by atoms with van der Waals surface area (Å²) in [6.07, 6.45) is 0. The molecule has 1 unspecified atom stereocenters. The molecule has 0 spiro atoms. The number of rotatable bonds is 6. The van der Waals surface area contributed by atoms with Gasteiger partial charge < -0.3 is 10.2 Å². The van der Waals surface area contributed by atoms with Crippen LogP contribution in [0.1, 0.15) is 5.56 Å². The molecule has 0 heterocycles. The SMILES string of the molecule is C[NH+](CC(=O)Nc1cccc([N+](=O)[O-])c1)Cc1ccc(Cl)c(Cl)c1. The zero-order valence-electron chi connectivity index (χ0n) is 12.9. The van der Waals surface area contributed by atoms with Crippen molar-refractivity contribution in [3.8, 4) is 0 Å². The molecule has 0 aromatic heterocycles. The van der Waals surface area contributed by atoms with E-state index in [0.29, 0.717) is 22.3 Å². The molecule has 0 saturated heterocycles. The lowest BCUT2D eigenvalue weighted by molar-refractivity contribution is -0.885. The van der Waals surface area contributed by atoms with Crippen molar-refractivity contribution in [3.63, 3.8) is 0 Å². The number of nitro benzene ring substituents is 1. The van der Waals surface area contributed by atoms with Crippen LogP contribution in [0, 0.1) is 10.1 Å². The Balaban J connectivity index is 1.92. The van der Waals surface area contributed by atoms with Gasteiger partial charge in [-0.2, -0.15) is 0 Å². The standard InChI is InChI=1S/C16H15Cl2N3O3/c1-20(9-11-5-6-14(17)15(18)7-11)10-16(22)19-12-3-2-4-13(8-12)21(23)24/h2-8H,9-10H2,1H3,(H,19,22)/p+1. The summed E-state index contributed by atoms with van der Waals surface area (Å²) in [5, 5.41) is 14.4. The maximum absolute atomic E-state index is 12.1. The van der Waals surface area contributed by atoms with Crippen molar-refractivity contribution >= 4 is 40.5 Å². The Morgan fingerprint density at radius 1 is 1.21 bits per heavy atom. The van der Waals surface area contributed by atoms with Crippen molar-refractivity contribution < 1.29 is 14.6 Å². The van der Waals surface area contributed by atoms with Crippen molar-refractivity contribution in [2.45, 2.75) is 6.54 Å². The predicted octanol–water partition coefficient (Wildman–Crippen LogP) is 2.56. The summed E-state index contributed by atoms with van der Waals surface area (Å²) < 4.78 is 0. The summed E-state index contributed by atoms with van der Waals surface area (Å²) in [4.78, 5) is 23.2. The summed E-state index contributed by atoms with van der Waals surface area (Å²) >= 11 is 11.9. The van der Waals surface area contributed by atoms with Crippen LogP contribution in [0.2, 0.25) is 10.0 Å². The minimum Gasteiger partial charge on any atom is -0.326 e. The van der Waals surface area contributed by atoms with Crippen LogP contribution in [-0.2, 0) is 11.3 Å². The van der Waals surface area contributed by atoms with Crippen molar-refractivity contribution in [2.75, 3.05) is 18.9 Å². The van der Waals surface area contributed by atoms with Gasteiger partial charge in [0.1, 0.15) is 6.54 Å². The van der Waals surface area contributed by atoms with Crippen LogP contribution in [0.5, 0.6) is 0 Å². The number of quaternary nitrogens is 1. The Bertz CT molecular complexity index is 768. The van der Waals surface area contributed by atoms with E-state index in [0.717, 1.165) is 10.5 Å². The molecule has 0 saturated carbocycles. The van der Waals surface area contributed by atoms with Crippen LogP contribution in [0.3, 0.4) is 0 Å². The number of non-ortho nitro benzene ring substituents is 1. The molecule has 8 heteroatoms. The Hall–Kier alpha value is -2.15. The summed E-state index contributed by atoms with van der Waals surface area (Å²) in [7, 11) is 1.87. The van der Waals surface area contributed by atoms with Gasteiger partial charge in [-0.3, -0.25) is 14.9 Å². The van der Waals surface area contributed by atoms with Gasteiger partial charge in [-0.15, -0.1) is 0 Å². The van der Waals surface area contributed by atoms with Gasteiger partial charge in [0.2, 0.25) is 0 Å². The summed E-state index contributed by atoms with van der Waals surface area (Å²) in [5.41, 5.74) is 1.30. The van der Waals surface area contributed by atoms with Crippen LogP contribution >= 0.6 is 23.2 Å². The molecule has 2 aromatic carbocycles. The number of hydrogen-bond acceptors (Lipinski definition) is 3. The van der Waals surface area contributed by atoms with E-state index in [-0.39, 0.29) is 18.1 Å². The van der Waals surface area contributed by atoms with Gasteiger partial charge >= 0.3 is 0 Å². The highest BCUT2D eigenvalue weighted by molar-refractivity contribution is 6.42. The summed E-state index contributed by atoms with van der Waals surface area (Å²) in [6, 6.07) is 11.2. The molecule has 0 fully saturated rings. The van der Waals surface area contributed by atoms with Crippen molar-refractivity contribution in [3.05, 3.63) is 68.2 Å². The van der Waals surface area contributed by atoms with Gasteiger partial charge in [0.05, 0.1) is 22.0 Å². The van der Waals surface area contributed by atoms with Crippen molar-refractivity contribution in [2.24, 2.45) is 0 Å². The van der Waals surface area contributed by atoms with Gasteiger partial charge in [0, 0.05) is 23.4 Å². The molecule has 24 heavy (non-hydrogen) atoms. The van der Waals surface area contributed by atoms with Gasteiger partial charge in [-0.05, 0) is 18.2 Å². The second-order valence-corrected chi connectivity index (χ2v) is 6.23. The predicted molar refractivity (Wildman–Crippen MR) is 93.6 cm³/mol. The molecule has 1 amide bonds. The van der Waals surface area contributed by atoms with E-state index in [1.54, 1.807) is 18.2 Å². The maximum Gasteiger partial charge on any atom is 0.279 e. The molecule has 6 nitrogen and oxygen atoms in total. The van der Waals surface area contributed by atoms with Crippen molar-refractivity contribution in [1.29, 1.82) is 0 Å². The topological polar surface area (TPSA) is 76.7 Å². The lowest BCUT2D eigenvalue weighted by Gasteiger charge is -2.14. The molecule has 126 valence electrons. The zero-order valence-corrected chi connectivity index (χ0v) is 14.4. The summed E-state index contributed by atoms with van der Waals surface area (Å²) in [5.74, 6) is -0.229. The number of benzene rings is 2. The first-order valence-corrected chi connectivity index (χ1v) is 7.90. The van der Waals surface area contributed by atoms with Crippen molar-refractivity contribution in [1.82, 2.24) is 0 Å². The van der Waals surface area contributed by atoms with Crippen LogP contribution in [-0.4, -0.2) is 24.4 Å². The second kappa shape index (κ2) is 8.10. The first-order valence-electron chi connectivity index (χ1n) is 7.14. The number of nitrogens with one attached hydrogen (secondary N) is 2. The normalized spacial score (nSPS) is 11.8. The van der Waals surface area contributed by atoms with E-state index in [9.17, 15) is 14.9 Å². The monoisotopic (exact) mass is 368 g/mol. The third-order valence-electron chi connectivity index (χ3n) is 3.29. The summed E-state index contributed by atoms with van der Waals surface area (Å²) in [6.45, 7) is 0.808. The van der Waals surface area contributed by atoms with Crippen LogP contribution in [0.4, 0.5) is 11.4 Å². The fraction of sp³-hybridized carbons (Fsp3) is 0.188. The Morgan fingerprint density at radius 3 is 2.62 bits per heavy atom. The maximum atomic E-state index is 12.1. The van der Waals surface area contributed by atoms with E-state index < -0.39 is 4.92 Å². The highest BCUT2D eigenvalue weighted by atomic mass is 35.5. The Morgan fingerprint density at radius 2 is 1.96 bits per heavy atom. The third-order valence-corrected chi connectivity index (χ3v) is 4.03. The second-order valence-electron chi connectivity index (χ2n) is 5.41. The lowest BCUT2D eigenvalue weighted by atomic mass is 10.2. The van der Waals surface area contributed by atoms with Gasteiger partial charge in [-0.1, -0.05) is 35.3 Å². The minimum atomic E-state index is -0.503. The molecule has 2 N–H and O–H groups in total. The van der Waals surface area contributed by atoms with E-state index in [1.165, 1.54) is 18.2 Å². The van der Waals surface area contributed by atoms with E-state index in [4.69, 9.17) is 23.2 Å². The molecular formula is C16H16Cl2N3O3+. The molecule has 2 aromatic rings. The van der Waals surface area contributed by atoms with Crippen LogP contribution < -0.4 is 10.2 Å². The van der Waals surface area contributed by atoms with Gasteiger partial charge in [-0.25, -0.2) is 0 Å². The average Bonchev–Trinajstić information content (AvgIpc) is 2.51. The fourth-order valence-electron chi connectivity index (χ4n) is 2.24. The minimum absolute atomic E-state index is 0.0655. The number of nitro groups is 1. The number of carbonyl (C=O) groups excluding carboxylic acids is 1. The zero-order chi connectivity index (χ0) is 17.7. The van der Waals surface area contributed by atoms with E-state index in [2.05, 4.69) is 5.32 Å². The number of halogens is 2. The average molecular weight is 369 g/mol. The molecule has 0 radical (unpaired) electrons.